The summed E-state index contributed by atoms with van der Waals surface area (Å²) in [5.74, 6) is 0.496. The highest BCUT2D eigenvalue weighted by Crippen LogP contribution is 2.75. The molecule has 2 unspecified atom stereocenters. The van der Waals surface area contributed by atoms with Crippen LogP contribution >= 0.6 is 0 Å². The van der Waals surface area contributed by atoms with Gasteiger partial charge in [-0.2, -0.15) is 5.26 Å². The molecule has 0 bridgehead atoms. The number of amides is 1. The van der Waals surface area contributed by atoms with Crippen LogP contribution in [0.4, 0.5) is 0 Å². The number of carbonyl (C=O) groups excluding carboxylic acids is 3. The lowest BCUT2D eigenvalue weighted by molar-refractivity contribution is -0.218. The topological polar surface area (TPSA) is 87.0 Å². The van der Waals surface area contributed by atoms with Gasteiger partial charge in [0.25, 0.3) is 0 Å². The Bertz CT molecular complexity index is 1150. The lowest BCUT2D eigenvalue weighted by Crippen LogP contribution is -2.69. The van der Waals surface area contributed by atoms with Crippen molar-refractivity contribution in [2.45, 2.75) is 113 Å². The molecule has 9 atom stereocenters. The Balaban J connectivity index is 1.58. The molecule has 0 saturated heterocycles. The van der Waals surface area contributed by atoms with Gasteiger partial charge in [0.05, 0.1) is 11.0 Å². The van der Waals surface area contributed by atoms with Crippen molar-refractivity contribution >= 4 is 17.5 Å². The molecule has 0 aromatic rings. The molecule has 0 heterocycles. The van der Waals surface area contributed by atoms with Crippen LogP contribution in [0.1, 0.15) is 113 Å². The molecule has 5 heteroatoms. The number of nitriles is 1. The lowest BCUT2D eigenvalue weighted by atomic mass is 9.32. The second-order valence-corrected chi connectivity index (χ2v) is 15.6. The summed E-state index contributed by atoms with van der Waals surface area (Å²) in [6.45, 7) is 16.5. The highest BCUT2D eigenvalue weighted by Gasteiger charge is 2.72. The number of allylic oxidation sites excluding steroid dienone is 2. The highest BCUT2D eigenvalue weighted by molar-refractivity contribution is 6.02. The second kappa shape index (κ2) is 9.28. The van der Waals surface area contributed by atoms with E-state index in [1.807, 2.05) is 13.0 Å². The quantitative estimate of drug-likeness (QED) is 0.401. The number of fused-ring (bicyclic) bond motifs is 7. The molecule has 5 aliphatic rings. The first kappa shape index (κ1) is 28.6. The third-order valence-electron chi connectivity index (χ3n) is 13.4. The molecule has 5 aliphatic carbocycles. The average molecular weight is 535 g/mol. The number of ketones is 2. The molecular weight excluding hydrogens is 484 g/mol. The molecule has 0 aromatic carbocycles. The van der Waals surface area contributed by atoms with Gasteiger partial charge in [0.2, 0.25) is 5.91 Å². The van der Waals surface area contributed by atoms with E-state index in [2.05, 4.69) is 52.9 Å². The molecule has 0 aromatic heterocycles. The van der Waals surface area contributed by atoms with Crippen LogP contribution in [0.15, 0.2) is 11.6 Å². The van der Waals surface area contributed by atoms with E-state index in [0.717, 1.165) is 57.8 Å². The lowest BCUT2D eigenvalue weighted by Gasteiger charge is -2.71. The number of hydrogen-bond acceptors (Lipinski definition) is 4. The molecule has 0 spiro atoms. The third-order valence-corrected chi connectivity index (χ3v) is 13.4. The standard InChI is InChI=1S/C34H50N2O3/c1-8-9-16-36-29(39)34-14-12-30(3,4)19-24(34)27-25(37)17-26-31(5)18-22(20-35)28(38)21(2)23(31)10-11-32(26,6)33(27,7)13-15-34/h18,21,23-24,26-27H,8-17,19H2,1-7H3,(H,36,39)/t21-,23-,24?,26+,27?,31-,32+,33+,34-/m0/s1. The molecule has 4 saturated carbocycles. The normalized spacial score (nSPS) is 46.5. The van der Waals surface area contributed by atoms with Crippen LogP contribution in [-0.2, 0) is 14.4 Å². The molecule has 5 nitrogen and oxygen atoms in total. The number of unbranched alkanes of at least 4 members (excludes halogenated alkanes) is 1. The van der Waals surface area contributed by atoms with E-state index in [0.29, 0.717) is 18.7 Å². The van der Waals surface area contributed by atoms with E-state index >= 15 is 0 Å². The summed E-state index contributed by atoms with van der Waals surface area (Å²) in [5, 5.41) is 13.1. The molecule has 1 amide bonds. The zero-order chi connectivity index (χ0) is 28.6. The maximum Gasteiger partial charge on any atom is 0.226 e. The number of carbonyl (C=O) groups is 3. The SMILES string of the molecule is CCCCNC(=O)[C@]12CCC(C)(C)CC1C1C(=O)C[C@@H]3[C@@]4(C)C=C(C#N)C(=O)[C@@H](C)[C@@H]4CC[C@@]3(C)[C@]1(C)CC2. The predicted molar refractivity (Wildman–Crippen MR) is 152 cm³/mol. The van der Waals surface area contributed by atoms with Crippen LogP contribution in [0.5, 0.6) is 0 Å². The first-order chi connectivity index (χ1) is 18.2. The van der Waals surface area contributed by atoms with Crippen molar-refractivity contribution in [2.24, 2.45) is 56.7 Å². The number of Topliss-reactive ketones (excluding diaryl/α,β-unsaturated/α-hetero) is 2. The van der Waals surface area contributed by atoms with E-state index in [1.54, 1.807) is 0 Å². The van der Waals surface area contributed by atoms with Gasteiger partial charge in [-0.15, -0.1) is 0 Å². The van der Waals surface area contributed by atoms with Crippen LogP contribution < -0.4 is 5.32 Å². The van der Waals surface area contributed by atoms with E-state index in [-0.39, 0.29) is 68.5 Å². The summed E-state index contributed by atoms with van der Waals surface area (Å²) < 4.78 is 0. The van der Waals surface area contributed by atoms with Crippen LogP contribution in [0, 0.1) is 68.0 Å². The van der Waals surface area contributed by atoms with Gasteiger partial charge in [-0.25, -0.2) is 0 Å². The molecule has 39 heavy (non-hydrogen) atoms. The first-order valence-corrected chi connectivity index (χ1v) is 15.7. The van der Waals surface area contributed by atoms with Crippen molar-refractivity contribution in [3.63, 3.8) is 0 Å². The van der Waals surface area contributed by atoms with Crippen molar-refractivity contribution in [1.82, 2.24) is 5.32 Å². The molecule has 0 aliphatic heterocycles. The van der Waals surface area contributed by atoms with Crippen LogP contribution in [-0.4, -0.2) is 24.0 Å². The maximum atomic E-state index is 14.6. The fraction of sp³-hybridized carbons (Fsp3) is 0.824. The summed E-state index contributed by atoms with van der Waals surface area (Å²) in [6.07, 6.45) is 11.0. The number of nitrogens with zero attached hydrogens (tertiary/aromatic N) is 1. The fourth-order valence-corrected chi connectivity index (χ4v) is 10.9. The van der Waals surface area contributed by atoms with Crippen molar-refractivity contribution in [2.75, 3.05) is 6.54 Å². The zero-order valence-electron chi connectivity index (χ0n) is 25.4. The predicted octanol–water partition coefficient (Wildman–Crippen LogP) is 6.81. The third kappa shape index (κ3) is 3.86. The Labute approximate surface area is 235 Å². The van der Waals surface area contributed by atoms with Crippen molar-refractivity contribution in [1.29, 1.82) is 5.26 Å². The average Bonchev–Trinajstić information content (AvgIpc) is 2.87. The molecule has 214 valence electrons. The van der Waals surface area contributed by atoms with Crippen LogP contribution in [0.3, 0.4) is 0 Å². The van der Waals surface area contributed by atoms with E-state index in [1.165, 1.54) is 0 Å². The van der Waals surface area contributed by atoms with Gasteiger partial charge in [-0.1, -0.05) is 61.0 Å². The van der Waals surface area contributed by atoms with E-state index < -0.39 is 5.41 Å². The molecule has 1 N–H and O–H groups in total. The summed E-state index contributed by atoms with van der Waals surface area (Å²) in [4.78, 5) is 41.5. The number of rotatable bonds is 4. The van der Waals surface area contributed by atoms with Crippen molar-refractivity contribution < 1.29 is 14.4 Å². The number of nitrogens with one attached hydrogen (secondary N) is 1. The monoisotopic (exact) mass is 534 g/mol. The smallest absolute Gasteiger partial charge is 0.226 e. The second-order valence-electron chi connectivity index (χ2n) is 15.6. The molecule has 5 rings (SSSR count). The van der Waals surface area contributed by atoms with Crippen LogP contribution in [0.25, 0.3) is 0 Å². The molecular formula is C34H50N2O3. The maximum absolute atomic E-state index is 14.6. The zero-order valence-corrected chi connectivity index (χ0v) is 25.4. The van der Waals surface area contributed by atoms with Crippen LogP contribution in [0.2, 0.25) is 0 Å². The summed E-state index contributed by atoms with van der Waals surface area (Å²) in [7, 11) is 0. The van der Waals surface area contributed by atoms with Gasteiger partial charge in [-0.05, 0) is 90.8 Å². The van der Waals surface area contributed by atoms with E-state index in [9.17, 15) is 19.6 Å². The van der Waals surface area contributed by atoms with E-state index in [4.69, 9.17) is 0 Å². The summed E-state index contributed by atoms with van der Waals surface area (Å²) >= 11 is 0. The Kier molecular flexibility index (Phi) is 6.80. The van der Waals surface area contributed by atoms with Gasteiger partial charge >= 0.3 is 0 Å². The fourth-order valence-electron chi connectivity index (χ4n) is 10.9. The van der Waals surface area contributed by atoms with Gasteiger partial charge in [0.15, 0.2) is 5.78 Å². The summed E-state index contributed by atoms with van der Waals surface area (Å²) in [6, 6.07) is 2.19. The molecule has 0 radical (unpaired) electrons. The Morgan fingerprint density at radius 2 is 1.72 bits per heavy atom. The minimum absolute atomic E-state index is 0.0317. The summed E-state index contributed by atoms with van der Waals surface area (Å²) in [5.41, 5.74) is -0.718. The minimum atomic E-state index is -0.451. The Morgan fingerprint density at radius 3 is 2.38 bits per heavy atom. The van der Waals surface area contributed by atoms with Gasteiger partial charge in [0, 0.05) is 24.8 Å². The number of hydrogen-bond donors (Lipinski definition) is 1. The Hall–Kier alpha value is -1.96. The van der Waals surface area contributed by atoms with Crippen molar-refractivity contribution in [3.05, 3.63) is 11.6 Å². The van der Waals surface area contributed by atoms with Crippen molar-refractivity contribution in [3.8, 4) is 6.07 Å². The molecule has 4 fully saturated rings. The highest BCUT2D eigenvalue weighted by atomic mass is 16.2. The minimum Gasteiger partial charge on any atom is -0.356 e. The first-order valence-electron chi connectivity index (χ1n) is 15.7. The van der Waals surface area contributed by atoms with Gasteiger partial charge in [-0.3, -0.25) is 14.4 Å². The Morgan fingerprint density at radius 1 is 1.03 bits per heavy atom. The largest absolute Gasteiger partial charge is 0.356 e. The van der Waals surface area contributed by atoms with Gasteiger partial charge in [0.1, 0.15) is 11.9 Å². The van der Waals surface area contributed by atoms with Gasteiger partial charge < -0.3 is 5.32 Å².